The number of aliphatic imine (C=N–C) groups is 1. The average Bonchev–Trinajstić information content (AvgIpc) is 3.04. The van der Waals surface area contributed by atoms with Crippen LogP contribution in [0.3, 0.4) is 0 Å². The van der Waals surface area contributed by atoms with E-state index in [4.69, 9.17) is 5.73 Å². The number of hydrogen-bond donors (Lipinski definition) is 3. The number of guanidine groups is 1. The third-order valence-corrected chi connectivity index (χ3v) is 4.23. The Morgan fingerprint density at radius 1 is 1.35 bits per heavy atom. The van der Waals surface area contributed by atoms with Crippen LogP contribution in [-0.4, -0.2) is 31.5 Å². The van der Waals surface area contributed by atoms with Crippen molar-refractivity contribution >= 4 is 11.9 Å². The molecular formula is C17H25FN4O. The van der Waals surface area contributed by atoms with E-state index < -0.39 is 0 Å². The number of carbonyl (C=O) groups excluding carboxylic acids is 1. The highest BCUT2D eigenvalue weighted by molar-refractivity contribution is 5.82. The summed E-state index contributed by atoms with van der Waals surface area (Å²) in [5.41, 5.74) is 6.38. The number of amides is 1. The van der Waals surface area contributed by atoms with Crippen LogP contribution in [0.25, 0.3) is 0 Å². The molecule has 1 aliphatic rings. The fraction of sp³-hybridized carbons (Fsp3) is 0.529. The quantitative estimate of drug-likeness (QED) is 0.550. The summed E-state index contributed by atoms with van der Waals surface area (Å²) >= 11 is 0. The van der Waals surface area contributed by atoms with Crippen LogP contribution in [0, 0.1) is 11.7 Å². The Morgan fingerprint density at radius 2 is 2.00 bits per heavy atom. The molecule has 4 N–H and O–H groups in total. The lowest BCUT2D eigenvalue weighted by molar-refractivity contribution is -0.121. The molecule has 0 bridgehead atoms. The van der Waals surface area contributed by atoms with Crippen molar-refractivity contribution in [3.05, 3.63) is 35.6 Å². The van der Waals surface area contributed by atoms with Gasteiger partial charge in [0, 0.05) is 19.6 Å². The highest BCUT2D eigenvalue weighted by atomic mass is 19.1. The number of hydrogen-bond acceptors (Lipinski definition) is 2. The first kappa shape index (κ1) is 17.2. The zero-order valence-electron chi connectivity index (χ0n) is 13.5. The molecule has 5 nitrogen and oxygen atoms in total. The van der Waals surface area contributed by atoms with Gasteiger partial charge < -0.3 is 16.4 Å². The van der Waals surface area contributed by atoms with Crippen LogP contribution in [0.2, 0.25) is 0 Å². The lowest BCUT2D eigenvalue weighted by Crippen LogP contribution is -2.46. The maximum Gasteiger partial charge on any atom is 0.222 e. The predicted octanol–water partition coefficient (Wildman–Crippen LogP) is 1.58. The Bertz CT molecular complexity index is 538. The molecule has 1 unspecified atom stereocenters. The Kier molecular flexibility index (Phi) is 6.38. The van der Waals surface area contributed by atoms with Crippen molar-refractivity contribution in [2.75, 3.05) is 13.6 Å². The fourth-order valence-electron chi connectivity index (χ4n) is 2.86. The SMILES string of the molecule is CN=C(NCC(Cc1ccc(F)cc1)C(N)=O)NC1CCCC1. The van der Waals surface area contributed by atoms with E-state index in [0.717, 1.165) is 18.4 Å². The van der Waals surface area contributed by atoms with E-state index in [1.165, 1.54) is 25.0 Å². The first-order valence-corrected chi connectivity index (χ1v) is 8.09. The van der Waals surface area contributed by atoms with Crippen molar-refractivity contribution in [3.63, 3.8) is 0 Å². The number of nitrogens with zero attached hydrogens (tertiary/aromatic N) is 1. The van der Waals surface area contributed by atoms with Gasteiger partial charge in [-0.3, -0.25) is 9.79 Å². The zero-order valence-corrected chi connectivity index (χ0v) is 13.5. The van der Waals surface area contributed by atoms with Crippen LogP contribution >= 0.6 is 0 Å². The maximum absolute atomic E-state index is 12.9. The predicted molar refractivity (Wildman–Crippen MR) is 89.5 cm³/mol. The summed E-state index contributed by atoms with van der Waals surface area (Å²) < 4.78 is 12.9. The standard InChI is InChI=1S/C17H25FN4O/c1-20-17(22-15-4-2-3-5-15)21-11-13(16(19)23)10-12-6-8-14(18)9-7-12/h6-9,13,15H,2-5,10-11H2,1H3,(H2,19,23)(H2,20,21,22). The van der Waals surface area contributed by atoms with E-state index in [1.54, 1.807) is 19.2 Å². The first-order valence-electron chi connectivity index (χ1n) is 8.09. The van der Waals surface area contributed by atoms with Gasteiger partial charge in [0.1, 0.15) is 5.82 Å². The number of nitrogens with two attached hydrogens (primary N) is 1. The second-order valence-electron chi connectivity index (χ2n) is 6.01. The fourth-order valence-corrected chi connectivity index (χ4v) is 2.86. The monoisotopic (exact) mass is 320 g/mol. The molecule has 126 valence electrons. The van der Waals surface area contributed by atoms with Crippen LogP contribution in [0.1, 0.15) is 31.2 Å². The van der Waals surface area contributed by atoms with Gasteiger partial charge in [0.2, 0.25) is 5.91 Å². The van der Waals surface area contributed by atoms with Crippen molar-refractivity contribution < 1.29 is 9.18 Å². The smallest absolute Gasteiger partial charge is 0.222 e. The van der Waals surface area contributed by atoms with Crippen LogP contribution < -0.4 is 16.4 Å². The lowest BCUT2D eigenvalue weighted by Gasteiger charge is -2.20. The van der Waals surface area contributed by atoms with E-state index in [9.17, 15) is 9.18 Å². The molecular weight excluding hydrogens is 295 g/mol. The molecule has 1 fully saturated rings. The molecule has 1 aliphatic carbocycles. The van der Waals surface area contributed by atoms with Gasteiger partial charge in [-0.2, -0.15) is 0 Å². The van der Waals surface area contributed by atoms with Gasteiger partial charge in [-0.25, -0.2) is 4.39 Å². The highest BCUT2D eigenvalue weighted by Gasteiger charge is 2.19. The number of rotatable bonds is 6. The van der Waals surface area contributed by atoms with Gasteiger partial charge in [0.05, 0.1) is 5.92 Å². The molecule has 0 spiro atoms. The largest absolute Gasteiger partial charge is 0.369 e. The van der Waals surface area contributed by atoms with E-state index in [1.807, 2.05) is 0 Å². The molecule has 0 aliphatic heterocycles. The van der Waals surface area contributed by atoms with Crippen molar-refractivity contribution in [1.82, 2.24) is 10.6 Å². The Morgan fingerprint density at radius 3 is 2.57 bits per heavy atom. The number of benzene rings is 1. The Hall–Kier alpha value is -2.11. The van der Waals surface area contributed by atoms with E-state index in [2.05, 4.69) is 15.6 Å². The summed E-state index contributed by atoms with van der Waals surface area (Å²) in [4.78, 5) is 15.9. The number of halogens is 1. The van der Waals surface area contributed by atoms with Crippen LogP contribution in [0.5, 0.6) is 0 Å². The summed E-state index contributed by atoms with van der Waals surface area (Å²) in [5.74, 6) is -0.341. The number of primary amides is 1. The van der Waals surface area contributed by atoms with Gasteiger partial charge in [-0.1, -0.05) is 25.0 Å². The van der Waals surface area contributed by atoms with Crippen LogP contribution in [0.4, 0.5) is 4.39 Å². The van der Waals surface area contributed by atoms with Crippen LogP contribution in [-0.2, 0) is 11.2 Å². The van der Waals surface area contributed by atoms with E-state index in [-0.39, 0.29) is 17.6 Å². The van der Waals surface area contributed by atoms with Gasteiger partial charge in [-0.05, 0) is 37.0 Å². The van der Waals surface area contributed by atoms with Crippen molar-refractivity contribution in [2.45, 2.75) is 38.1 Å². The molecule has 0 radical (unpaired) electrons. The summed E-state index contributed by atoms with van der Waals surface area (Å²) in [7, 11) is 1.71. The van der Waals surface area contributed by atoms with Crippen molar-refractivity contribution in [1.29, 1.82) is 0 Å². The molecule has 1 aromatic rings. The van der Waals surface area contributed by atoms with E-state index >= 15 is 0 Å². The first-order chi connectivity index (χ1) is 11.1. The van der Waals surface area contributed by atoms with Crippen molar-refractivity contribution in [2.24, 2.45) is 16.6 Å². The normalized spacial score (nSPS) is 17.0. The summed E-state index contributed by atoms with van der Waals surface area (Å²) in [6.45, 7) is 0.402. The molecule has 1 saturated carbocycles. The Labute approximate surface area is 136 Å². The maximum atomic E-state index is 12.9. The molecule has 1 aromatic carbocycles. The number of carbonyl (C=O) groups is 1. The van der Waals surface area contributed by atoms with Gasteiger partial charge >= 0.3 is 0 Å². The van der Waals surface area contributed by atoms with Gasteiger partial charge in [0.15, 0.2) is 5.96 Å². The minimum absolute atomic E-state index is 0.288. The second-order valence-corrected chi connectivity index (χ2v) is 6.01. The number of nitrogens with one attached hydrogen (secondary N) is 2. The third-order valence-electron chi connectivity index (χ3n) is 4.23. The molecule has 2 rings (SSSR count). The highest BCUT2D eigenvalue weighted by Crippen LogP contribution is 2.17. The summed E-state index contributed by atoms with van der Waals surface area (Å²) in [5, 5.41) is 6.54. The molecule has 0 aromatic heterocycles. The van der Waals surface area contributed by atoms with Crippen molar-refractivity contribution in [3.8, 4) is 0 Å². The molecule has 1 atom stereocenters. The zero-order chi connectivity index (χ0) is 16.7. The average molecular weight is 320 g/mol. The van der Waals surface area contributed by atoms with Gasteiger partial charge in [0.25, 0.3) is 0 Å². The molecule has 0 heterocycles. The molecule has 0 saturated heterocycles. The molecule has 1 amide bonds. The minimum Gasteiger partial charge on any atom is -0.369 e. The summed E-state index contributed by atoms with van der Waals surface area (Å²) in [6.07, 6.45) is 5.25. The third kappa shape index (κ3) is 5.54. The topological polar surface area (TPSA) is 79.5 Å². The van der Waals surface area contributed by atoms with Gasteiger partial charge in [-0.15, -0.1) is 0 Å². The Balaban J connectivity index is 1.88. The van der Waals surface area contributed by atoms with E-state index in [0.29, 0.717) is 25.0 Å². The second kappa shape index (κ2) is 8.50. The molecule has 6 heteroatoms. The minimum atomic E-state index is -0.377. The lowest BCUT2D eigenvalue weighted by atomic mass is 9.98. The molecule has 23 heavy (non-hydrogen) atoms. The summed E-state index contributed by atoms with van der Waals surface area (Å²) in [6, 6.07) is 6.58. The van der Waals surface area contributed by atoms with Crippen LogP contribution in [0.15, 0.2) is 29.3 Å².